The summed E-state index contributed by atoms with van der Waals surface area (Å²) in [6.07, 6.45) is -5.07. The monoisotopic (exact) mass is 774 g/mol. The first kappa shape index (κ1) is 41.0. The highest BCUT2D eigenvalue weighted by molar-refractivity contribution is 7.52. The number of aromatic nitrogens is 2. The Morgan fingerprint density at radius 1 is 0.981 bits per heavy atom. The largest absolute Gasteiger partial charge is 0.462 e. The molecular weight excluding hydrogens is 732 g/mol. The Kier molecular flexibility index (Phi) is 13.0. The summed E-state index contributed by atoms with van der Waals surface area (Å²) in [5, 5.41) is 6.09. The van der Waals surface area contributed by atoms with E-state index in [4.69, 9.17) is 27.8 Å². The van der Waals surface area contributed by atoms with E-state index in [1.54, 1.807) is 58.0 Å². The minimum absolute atomic E-state index is 0.0934. The Balaban J connectivity index is 1.73. The van der Waals surface area contributed by atoms with E-state index in [9.17, 15) is 28.3 Å². The van der Waals surface area contributed by atoms with Crippen LogP contribution in [-0.4, -0.2) is 70.0 Å². The van der Waals surface area contributed by atoms with Crippen molar-refractivity contribution in [2.45, 2.75) is 96.6 Å². The van der Waals surface area contributed by atoms with Crippen molar-refractivity contribution < 1.29 is 55.3 Å². The second-order valence-corrected chi connectivity index (χ2v) is 15.6. The van der Waals surface area contributed by atoms with Crippen LogP contribution in [0.15, 0.2) is 64.3 Å². The number of ether oxygens (including phenoxy) is 3. The maximum Gasteiger partial charge on any atom is 0.460 e. The summed E-state index contributed by atoms with van der Waals surface area (Å²) >= 11 is 0. The predicted octanol–water partition coefficient (Wildman–Crippen LogP) is 4.45. The smallest absolute Gasteiger partial charge is 0.460 e. The van der Waals surface area contributed by atoms with Crippen LogP contribution >= 0.6 is 15.9 Å². The molecule has 3 N–H and O–H groups in total. The van der Waals surface area contributed by atoms with Crippen molar-refractivity contribution in [2.75, 3.05) is 6.61 Å². The first-order chi connectivity index (χ1) is 24.2. The number of fused-ring (bicyclic) bond motifs is 1. The molecule has 3 aromatic rings. The van der Waals surface area contributed by atoms with Crippen LogP contribution in [0.1, 0.15) is 54.7 Å². The summed E-state index contributed by atoms with van der Waals surface area (Å²) in [6.45, 7) is 8.29. The van der Waals surface area contributed by atoms with Crippen LogP contribution in [0.5, 0.6) is 5.75 Å². The van der Waals surface area contributed by atoms with Crippen molar-refractivity contribution in [1.29, 1.82) is 0 Å². The fourth-order valence-electron chi connectivity index (χ4n) is 5.13. The van der Waals surface area contributed by atoms with Gasteiger partial charge in [0.1, 0.15) is 24.4 Å². The number of halogens is 2. The molecule has 4 rings (SSSR count). The van der Waals surface area contributed by atoms with E-state index in [1.165, 1.54) is 26.0 Å². The first-order valence-corrected chi connectivity index (χ1v) is 19.0. The average Bonchev–Trinajstić information content (AvgIpc) is 3.23. The van der Waals surface area contributed by atoms with Gasteiger partial charge in [0.25, 0.3) is 19.6 Å². The fourth-order valence-corrected chi connectivity index (χ4v) is 7.78. The van der Waals surface area contributed by atoms with E-state index in [-0.39, 0.29) is 5.75 Å². The summed E-state index contributed by atoms with van der Waals surface area (Å²) in [5.74, 6) is -5.29. The minimum Gasteiger partial charge on any atom is -0.462 e. The molecular formula is C32H42F2N4O12P2. The molecule has 0 aliphatic carbocycles. The van der Waals surface area contributed by atoms with Gasteiger partial charge in [-0.2, -0.15) is 5.09 Å². The van der Waals surface area contributed by atoms with E-state index in [0.29, 0.717) is 9.95 Å². The van der Waals surface area contributed by atoms with Gasteiger partial charge in [0.15, 0.2) is 18.0 Å². The number of H-pyrrole nitrogens is 1. The normalized spacial score (nSPS) is 24.7. The van der Waals surface area contributed by atoms with Crippen LogP contribution in [0.25, 0.3) is 10.8 Å². The lowest BCUT2D eigenvalue weighted by atomic mass is 9.97. The molecule has 0 saturated carbocycles. The fraction of sp³-hybridized carbons (Fsp3) is 0.500. The predicted molar refractivity (Wildman–Crippen MR) is 184 cm³/mol. The zero-order chi connectivity index (χ0) is 38.6. The molecule has 1 aliphatic rings. The number of carbonyl (C=O) groups is 2. The molecule has 2 heterocycles. The van der Waals surface area contributed by atoms with Crippen LogP contribution < -0.4 is 25.9 Å². The lowest BCUT2D eigenvalue weighted by Gasteiger charge is -2.33. The van der Waals surface area contributed by atoms with Gasteiger partial charge in [-0.25, -0.2) is 23.2 Å². The molecule has 2 aromatic carbocycles. The van der Waals surface area contributed by atoms with E-state index in [0.717, 1.165) is 24.6 Å². The molecule has 2 unspecified atom stereocenters. The maximum atomic E-state index is 17.2. The number of rotatable bonds is 16. The van der Waals surface area contributed by atoms with Crippen molar-refractivity contribution in [3.63, 3.8) is 0 Å². The highest BCUT2D eigenvalue weighted by Crippen LogP contribution is 2.57. The lowest BCUT2D eigenvalue weighted by Crippen LogP contribution is -2.50. The number of hydrogen-bond acceptors (Lipinski definition) is 12. The summed E-state index contributed by atoms with van der Waals surface area (Å²) in [5.41, 5.74) is -5.18. The second-order valence-electron chi connectivity index (χ2n) is 12.8. The van der Waals surface area contributed by atoms with Crippen LogP contribution in [0.3, 0.4) is 0 Å². The van der Waals surface area contributed by atoms with Crippen LogP contribution in [-0.2, 0) is 42.0 Å². The molecule has 1 saturated heterocycles. The van der Waals surface area contributed by atoms with Crippen LogP contribution in [0.4, 0.5) is 8.78 Å². The van der Waals surface area contributed by atoms with Crippen molar-refractivity contribution in [3.8, 4) is 5.75 Å². The van der Waals surface area contributed by atoms with E-state index < -0.39 is 93.9 Å². The van der Waals surface area contributed by atoms with Gasteiger partial charge in [-0.1, -0.05) is 30.3 Å². The Morgan fingerprint density at radius 2 is 1.60 bits per heavy atom. The summed E-state index contributed by atoms with van der Waals surface area (Å²) < 4.78 is 94.4. The zero-order valence-electron chi connectivity index (χ0n) is 29.4. The number of benzene rings is 2. The van der Waals surface area contributed by atoms with Crippen LogP contribution in [0.2, 0.25) is 0 Å². The lowest BCUT2D eigenvalue weighted by molar-refractivity contribution is -0.199. The summed E-state index contributed by atoms with van der Waals surface area (Å²) in [7, 11) is -8.57. The minimum atomic E-state index is -5.07. The molecule has 1 aliphatic heterocycles. The Hall–Kier alpha value is -3.76. The van der Waals surface area contributed by atoms with Gasteiger partial charge in [-0.3, -0.25) is 33.0 Å². The van der Waals surface area contributed by atoms with Gasteiger partial charge in [0.2, 0.25) is 0 Å². The molecule has 1 aromatic heterocycles. The molecule has 16 nitrogen and oxygen atoms in total. The van der Waals surface area contributed by atoms with Crippen LogP contribution in [0, 0.1) is 0 Å². The molecule has 1 fully saturated rings. The van der Waals surface area contributed by atoms with Gasteiger partial charge in [0.05, 0.1) is 12.2 Å². The summed E-state index contributed by atoms with van der Waals surface area (Å²) in [6, 6.07) is 9.80. The molecule has 8 atom stereocenters. The van der Waals surface area contributed by atoms with Gasteiger partial charge < -0.3 is 23.3 Å². The number of alkyl halides is 2. The molecule has 0 radical (unpaired) electrons. The second kappa shape index (κ2) is 16.5. The first-order valence-electron chi connectivity index (χ1n) is 16.2. The van der Waals surface area contributed by atoms with Gasteiger partial charge in [-0.05, 0) is 71.4 Å². The van der Waals surface area contributed by atoms with E-state index in [1.807, 2.05) is 4.98 Å². The topological polar surface area (TPSA) is 203 Å². The zero-order valence-corrected chi connectivity index (χ0v) is 31.3. The standard InChI is InChI=1S/C32H42F2N4O12P2/c1-18(2)46-26(40)20(5)36-51(43)45-17-32(34)28(31(7,33)29(48-32)38-15-14-25(39)35-30(38)42)50-52(44,37-21(6)27(41)47-19(3)4)49-24-13-12-22-10-8-9-11-23(22)16-24/h8-16,18-21,28-29,51H,17H2,1-7H3,(H,36,43)(H,37,44)(H,35,39,42)/t20-,21-,28-,29+,31+,32+,52?/m0/s1. The van der Waals surface area contributed by atoms with Gasteiger partial charge in [-0.15, -0.1) is 0 Å². The Labute approximate surface area is 298 Å². The number of esters is 2. The number of aromatic amines is 1. The van der Waals surface area contributed by atoms with Crippen molar-refractivity contribution in [3.05, 3.63) is 75.6 Å². The van der Waals surface area contributed by atoms with Crippen molar-refractivity contribution in [1.82, 2.24) is 19.7 Å². The third-order valence-corrected chi connectivity index (χ3v) is 10.2. The van der Waals surface area contributed by atoms with Crippen molar-refractivity contribution in [2.24, 2.45) is 0 Å². The number of nitrogens with one attached hydrogen (secondary N) is 3. The highest BCUT2D eigenvalue weighted by Gasteiger charge is 2.68. The molecule has 286 valence electrons. The third-order valence-electron chi connectivity index (χ3n) is 7.49. The average molecular weight is 775 g/mol. The Bertz CT molecular complexity index is 1960. The number of hydrogen-bond donors (Lipinski definition) is 3. The van der Waals surface area contributed by atoms with Crippen molar-refractivity contribution >= 4 is 38.6 Å². The van der Waals surface area contributed by atoms with Gasteiger partial charge >= 0.3 is 25.4 Å². The summed E-state index contributed by atoms with van der Waals surface area (Å²) in [4.78, 5) is 51.4. The SMILES string of the molecule is CC(C)OC(=O)[C@H](C)N[PH](=O)OC[C@@]1(F)O[C@@H](n2ccc(=O)[nH]c2=O)[C@](C)(F)[C@@H]1OP(=O)(N[C@@H](C)C(=O)OC(C)C)Oc1ccc2ccccc2c1. The maximum absolute atomic E-state index is 17.2. The Morgan fingerprint density at radius 3 is 2.21 bits per heavy atom. The molecule has 20 heteroatoms. The highest BCUT2D eigenvalue weighted by atomic mass is 31.2. The molecule has 0 spiro atoms. The van der Waals surface area contributed by atoms with E-state index >= 15 is 8.78 Å². The number of carbonyl (C=O) groups excluding carboxylic acids is 2. The molecule has 0 amide bonds. The third kappa shape index (κ3) is 10.0. The van der Waals surface area contributed by atoms with E-state index in [2.05, 4.69) is 10.2 Å². The number of nitrogens with zero attached hydrogens (tertiary/aromatic N) is 1. The van der Waals surface area contributed by atoms with Gasteiger partial charge in [0, 0.05) is 12.3 Å². The molecule has 52 heavy (non-hydrogen) atoms. The quantitative estimate of drug-likeness (QED) is 0.136. The molecule has 0 bridgehead atoms.